The maximum absolute atomic E-state index is 11.2. The summed E-state index contributed by atoms with van der Waals surface area (Å²) in [5, 5.41) is 5.51. The topological polar surface area (TPSA) is 54.3 Å². The summed E-state index contributed by atoms with van der Waals surface area (Å²) in [6, 6.07) is 3.39. The van der Waals surface area contributed by atoms with Gasteiger partial charge in [0.05, 0.1) is 12.3 Å². The fourth-order valence-corrected chi connectivity index (χ4v) is 1.09. The van der Waals surface area contributed by atoms with Crippen molar-refractivity contribution in [2.45, 2.75) is 26.3 Å². The molecule has 0 radical (unpaired) electrons. The molecule has 0 saturated heterocycles. The number of carbonyl (C=O) groups is 1. The Morgan fingerprint density at radius 3 is 3.00 bits per heavy atom. The minimum atomic E-state index is -0.157. The zero-order valence-corrected chi connectivity index (χ0v) is 8.54. The minimum Gasteiger partial charge on any atom is -0.467 e. The molecule has 2 amide bonds. The molecule has 0 spiro atoms. The summed E-state index contributed by atoms with van der Waals surface area (Å²) >= 11 is 0. The van der Waals surface area contributed by atoms with Crippen molar-refractivity contribution in [2.24, 2.45) is 0 Å². The Kier molecular flexibility index (Phi) is 4.04. The second-order valence-electron chi connectivity index (χ2n) is 3.14. The molecule has 0 bridgehead atoms. The van der Waals surface area contributed by atoms with Crippen LogP contribution in [0, 0.1) is 0 Å². The number of amides is 2. The Labute approximate surface area is 83.7 Å². The molecule has 0 aliphatic carbocycles. The standard InChI is InChI=1S/C10H16N2O2/c1-3-6-11-10(13)12-8(2)9-5-4-7-14-9/h4-5,7-8H,3,6H2,1-2H3,(H2,11,12,13). The summed E-state index contributed by atoms with van der Waals surface area (Å²) < 4.78 is 5.16. The molecule has 1 aromatic heterocycles. The predicted molar refractivity (Wildman–Crippen MR) is 53.9 cm³/mol. The van der Waals surface area contributed by atoms with Crippen molar-refractivity contribution >= 4 is 6.03 Å². The van der Waals surface area contributed by atoms with E-state index in [0.29, 0.717) is 6.54 Å². The van der Waals surface area contributed by atoms with Crippen molar-refractivity contribution in [3.63, 3.8) is 0 Å². The van der Waals surface area contributed by atoms with Gasteiger partial charge in [-0.3, -0.25) is 0 Å². The van der Waals surface area contributed by atoms with Crippen LogP contribution in [0.2, 0.25) is 0 Å². The summed E-state index contributed by atoms with van der Waals surface area (Å²) in [6.45, 7) is 4.58. The SMILES string of the molecule is CCCNC(=O)NC(C)c1ccco1. The smallest absolute Gasteiger partial charge is 0.315 e. The highest BCUT2D eigenvalue weighted by Gasteiger charge is 2.10. The monoisotopic (exact) mass is 196 g/mol. The van der Waals surface area contributed by atoms with E-state index < -0.39 is 0 Å². The van der Waals surface area contributed by atoms with Gasteiger partial charge in [-0.2, -0.15) is 0 Å². The van der Waals surface area contributed by atoms with Crippen molar-refractivity contribution in [3.8, 4) is 0 Å². The molecule has 1 heterocycles. The predicted octanol–water partition coefficient (Wildman–Crippen LogP) is 2.05. The van der Waals surface area contributed by atoms with Gasteiger partial charge in [-0.25, -0.2) is 4.79 Å². The maximum Gasteiger partial charge on any atom is 0.315 e. The van der Waals surface area contributed by atoms with E-state index in [1.807, 2.05) is 19.9 Å². The molecule has 0 fully saturated rings. The van der Waals surface area contributed by atoms with E-state index in [4.69, 9.17) is 4.42 Å². The Hall–Kier alpha value is -1.45. The Bertz CT molecular complexity index is 270. The molecule has 14 heavy (non-hydrogen) atoms. The quantitative estimate of drug-likeness (QED) is 0.774. The summed E-state index contributed by atoms with van der Waals surface area (Å²) in [5.41, 5.74) is 0. The van der Waals surface area contributed by atoms with Crippen LogP contribution in [0.4, 0.5) is 4.79 Å². The minimum absolute atomic E-state index is 0.0955. The lowest BCUT2D eigenvalue weighted by molar-refractivity contribution is 0.236. The fourth-order valence-electron chi connectivity index (χ4n) is 1.09. The van der Waals surface area contributed by atoms with Crippen molar-refractivity contribution in [2.75, 3.05) is 6.54 Å². The fraction of sp³-hybridized carbons (Fsp3) is 0.500. The van der Waals surface area contributed by atoms with Gasteiger partial charge in [0, 0.05) is 6.54 Å². The maximum atomic E-state index is 11.2. The van der Waals surface area contributed by atoms with Crippen LogP contribution in [0.25, 0.3) is 0 Å². The molecular formula is C10H16N2O2. The van der Waals surface area contributed by atoms with E-state index in [-0.39, 0.29) is 12.1 Å². The van der Waals surface area contributed by atoms with Crippen LogP contribution >= 0.6 is 0 Å². The molecule has 0 aliphatic heterocycles. The Morgan fingerprint density at radius 2 is 2.43 bits per heavy atom. The molecule has 0 aromatic carbocycles. The second kappa shape index (κ2) is 5.32. The zero-order valence-electron chi connectivity index (χ0n) is 8.54. The van der Waals surface area contributed by atoms with E-state index in [0.717, 1.165) is 12.2 Å². The van der Waals surface area contributed by atoms with Crippen LogP contribution < -0.4 is 10.6 Å². The normalized spacial score (nSPS) is 12.1. The van der Waals surface area contributed by atoms with E-state index in [9.17, 15) is 4.79 Å². The first kappa shape index (κ1) is 10.6. The van der Waals surface area contributed by atoms with E-state index in [2.05, 4.69) is 10.6 Å². The first-order chi connectivity index (χ1) is 6.74. The van der Waals surface area contributed by atoms with Gasteiger partial charge in [-0.05, 0) is 25.5 Å². The number of hydrogen-bond donors (Lipinski definition) is 2. The summed E-state index contributed by atoms with van der Waals surface area (Å²) in [4.78, 5) is 11.2. The van der Waals surface area contributed by atoms with Gasteiger partial charge in [-0.15, -0.1) is 0 Å². The molecule has 2 N–H and O–H groups in total. The number of rotatable bonds is 4. The summed E-state index contributed by atoms with van der Waals surface area (Å²) in [6.07, 6.45) is 2.53. The molecule has 0 aliphatic rings. The Morgan fingerprint density at radius 1 is 1.64 bits per heavy atom. The molecular weight excluding hydrogens is 180 g/mol. The van der Waals surface area contributed by atoms with Crippen LogP contribution in [0.5, 0.6) is 0 Å². The van der Waals surface area contributed by atoms with E-state index >= 15 is 0 Å². The van der Waals surface area contributed by atoms with Crippen LogP contribution in [0.3, 0.4) is 0 Å². The van der Waals surface area contributed by atoms with Gasteiger partial charge in [0.1, 0.15) is 5.76 Å². The highest BCUT2D eigenvalue weighted by molar-refractivity contribution is 5.74. The first-order valence-electron chi connectivity index (χ1n) is 4.81. The lowest BCUT2D eigenvalue weighted by Crippen LogP contribution is -2.37. The third kappa shape index (κ3) is 3.12. The summed E-state index contributed by atoms with van der Waals surface area (Å²) in [7, 11) is 0. The van der Waals surface area contributed by atoms with E-state index in [1.54, 1.807) is 12.3 Å². The number of hydrogen-bond acceptors (Lipinski definition) is 2. The van der Waals surface area contributed by atoms with E-state index in [1.165, 1.54) is 0 Å². The third-order valence-electron chi connectivity index (χ3n) is 1.85. The third-order valence-corrected chi connectivity index (χ3v) is 1.85. The van der Waals surface area contributed by atoms with Crippen LogP contribution in [0.1, 0.15) is 32.1 Å². The molecule has 0 saturated carbocycles. The molecule has 1 rings (SSSR count). The zero-order chi connectivity index (χ0) is 10.4. The number of carbonyl (C=O) groups excluding carboxylic acids is 1. The lowest BCUT2D eigenvalue weighted by Gasteiger charge is -2.11. The van der Waals surface area contributed by atoms with Gasteiger partial charge in [0.2, 0.25) is 0 Å². The number of urea groups is 1. The Balaban J connectivity index is 2.33. The van der Waals surface area contributed by atoms with Crippen molar-refractivity contribution in [1.82, 2.24) is 10.6 Å². The van der Waals surface area contributed by atoms with Gasteiger partial charge >= 0.3 is 6.03 Å². The van der Waals surface area contributed by atoms with Gasteiger partial charge in [-0.1, -0.05) is 6.92 Å². The average Bonchev–Trinajstić information content (AvgIpc) is 2.67. The average molecular weight is 196 g/mol. The molecule has 4 nitrogen and oxygen atoms in total. The van der Waals surface area contributed by atoms with Crippen LogP contribution in [0.15, 0.2) is 22.8 Å². The summed E-state index contributed by atoms with van der Waals surface area (Å²) in [5.74, 6) is 0.761. The van der Waals surface area contributed by atoms with Crippen molar-refractivity contribution < 1.29 is 9.21 Å². The van der Waals surface area contributed by atoms with Gasteiger partial charge in [0.25, 0.3) is 0 Å². The largest absolute Gasteiger partial charge is 0.467 e. The van der Waals surface area contributed by atoms with Gasteiger partial charge in [0.15, 0.2) is 0 Å². The highest BCUT2D eigenvalue weighted by Crippen LogP contribution is 2.11. The number of furan rings is 1. The van der Waals surface area contributed by atoms with Gasteiger partial charge < -0.3 is 15.1 Å². The molecule has 4 heteroatoms. The van der Waals surface area contributed by atoms with Crippen LogP contribution in [-0.4, -0.2) is 12.6 Å². The molecule has 1 unspecified atom stereocenters. The highest BCUT2D eigenvalue weighted by atomic mass is 16.3. The molecule has 78 valence electrons. The van der Waals surface area contributed by atoms with Crippen molar-refractivity contribution in [1.29, 1.82) is 0 Å². The second-order valence-corrected chi connectivity index (χ2v) is 3.14. The van der Waals surface area contributed by atoms with Crippen LogP contribution in [-0.2, 0) is 0 Å². The molecule has 1 aromatic rings. The van der Waals surface area contributed by atoms with Crippen molar-refractivity contribution in [3.05, 3.63) is 24.2 Å². The lowest BCUT2D eigenvalue weighted by atomic mass is 10.2. The number of nitrogens with one attached hydrogen (secondary N) is 2. The molecule has 1 atom stereocenters. The first-order valence-corrected chi connectivity index (χ1v) is 4.81.